The zero-order valence-corrected chi connectivity index (χ0v) is 14.1. The summed E-state index contributed by atoms with van der Waals surface area (Å²) in [7, 11) is 0. The van der Waals surface area contributed by atoms with E-state index in [0.717, 1.165) is 10.0 Å². The number of rotatable bonds is 3. The number of ether oxygens (including phenoxy) is 1. The minimum Gasteiger partial charge on any atom is -0.481 e. The van der Waals surface area contributed by atoms with E-state index in [1.807, 2.05) is 37.3 Å². The van der Waals surface area contributed by atoms with E-state index in [1.165, 1.54) is 0 Å². The first-order valence-corrected chi connectivity index (χ1v) is 8.38. The maximum Gasteiger partial charge on any atom is 0.310 e. The van der Waals surface area contributed by atoms with Crippen LogP contribution >= 0.6 is 15.9 Å². The van der Waals surface area contributed by atoms with Crippen molar-refractivity contribution in [1.82, 2.24) is 4.90 Å². The van der Waals surface area contributed by atoms with E-state index < -0.39 is 29.5 Å². The molecule has 3 heterocycles. The summed E-state index contributed by atoms with van der Waals surface area (Å²) in [4.78, 5) is 26.2. The van der Waals surface area contributed by atoms with Crippen LogP contribution in [0.4, 0.5) is 0 Å². The van der Waals surface area contributed by atoms with Gasteiger partial charge in [-0.1, -0.05) is 40.2 Å². The standard InChI is InChI=1S/C17H16BrNO4/c1-9(10-2-4-11(18)5-3-10)19-8-17-7-6-12(23-17)13(16(21)22)14(17)15(19)20/h2-7,9,12-14H,8H2,1H3,(H,21,22)/t9-,12-,13+,14-,17+/m1/s1. The van der Waals surface area contributed by atoms with Gasteiger partial charge in [-0.05, 0) is 24.6 Å². The van der Waals surface area contributed by atoms with Crippen molar-refractivity contribution in [2.24, 2.45) is 11.8 Å². The average Bonchev–Trinajstić information content (AvgIpc) is 3.15. The number of carboxylic acid groups (broad SMARTS) is 1. The van der Waals surface area contributed by atoms with Gasteiger partial charge in [0.15, 0.2) is 0 Å². The molecule has 0 unspecified atom stereocenters. The van der Waals surface area contributed by atoms with Gasteiger partial charge in [0.05, 0.1) is 24.6 Å². The summed E-state index contributed by atoms with van der Waals surface area (Å²) < 4.78 is 6.88. The molecule has 6 heteroatoms. The second-order valence-electron chi connectivity index (χ2n) is 6.43. The number of halogens is 1. The number of carbonyl (C=O) groups is 2. The Hall–Kier alpha value is -1.66. The number of carboxylic acids is 1. The third-order valence-electron chi connectivity index (χ3n) is 5.23. The highest BCUT2D eigenvalue weighted by molar-refractivity contribution is 9.10. The molecular formula is C17H16BrNO4. The largest absolute Gasteiger partial charge is 0.481 e. The molecule has 1 aromatic carbocycles. The van der Waals surface area contributed by atoms with Gasteiger partial charge < -0.3 is 14.7 Å². The minimum atomic E-state index is -0.960. The fourth-order valence-corrected chi connectivity index (χ4v) is 4.32. The summed E-state index contributed by atoms with van der Waals surface area (Å²) in [5, 5.41) is 9.48. The summed E-state index contributed by atoms with van der Waals surface area (Å²) in [6.45, 7) is 2.37. The van der Waals surface area contributed by atoms with Crippen LogP contribution in [0.25, 0.3) is 0 Å². The van der Waals surface area contributed by atoms with Crippen LogP contribution < -0.4 is 0 Å². The Morgan fingerprint density at radius 2 is 2.13 bits per heavy atom. The van der Waals surface area contributed by atoms with E-state index >= 15 is 0 Å². The Kier molecular flexibility index (Phi) is 3.19. The lowest BCUT2D eigenvalue weighted by Crippen LogP contribution is -2.39. The van der Waals surface area contributed by atoms with E-state index in [4.69, 9.17) is 4.74 Å². The van der Waals surface area contributed by atoms with Gasteiger partial charge in [0.25, 0.3) is 0 Å². The highest BCUT2D eigenvalue weighted by Crippen LogP contribution is 2.53. The second-order valence-corrected chi connectivity index (χ2v) is 7.35. The van der Waals surface area contributed by atoms with Crippen molar-refractivity contribution < 1.29 is 19.4 Å². The molecule has 5 nitrogen and oxygen atoms in total. The van der Waals surface area contributed by atoms with Crippen LogP contribution in [-0.4, -0.2) is 40.1 Å². The number of fused-ring (bicyclic) bond motifs is 1. The first-order valence-electron chi connectivity index (χ1n) is 7.59. The first kappa shape index (κ1) is 14.9. The van der Waals surface area contributed by atoms with Crippen LogP contribution in [-0.2, 0) is 14.3 Å². The SMILES string of the molecule is C[C@H](c1ccc(Br)cc1)N1C[C@]23C=C[C@@H](O2)[C@H](C(=O)O)[C@@H]3C1=O. The molecule has 1 N–H and O–H groups in total. The smallest absolute Gasteiger partial charge is 0.310 e. The van der Waals surface area contributed by atoms with Crippen LogP contribution in [0.5, 0.6) is 0 Å². The number of benzene rings is 1. The van der Waals surface area contributed by atoms with Crippen LogP contribution in [0.3, 0.4) is 0 Å². The van der Waals surface area contributed by atoms with Crippen molar-refractivity contribution >= 4 is 27.8 Å². The molecule has 1 amide bonds. The Morgan fingerprint density at radius 3 is 2.78 bits per heavy atom. The van der Waals surface area contributed by atoms with Crippen molar-refractivity contribution in [2.45, 2.75) is 24.7 Å². The topological polar surface area (TPSA) is 66.8 Å². The summed E-state index contributed by atoms with van der Waals surface area (Å²) in [5.74, 6) is -2.49. The van der Waals surface area contributed by atoms with Gasteiger partial charge in [0.1, 0.15) is 11.5 Å². The number of nitrogens with zero attached hydrogens (tertiary/aromatic N) is 1. The highest BCUT2D eigenvalue weighted by atomic mass is 79.9. The highest BCUT2D eigenvalue weighted by Gasteiger charge is 2.67. The van der Waals surface area contributed by atoms with Gasteiger partial charge in [0.2, 0.25) is 5.91 Å². The maximum atomic E-state index is 12.9. The summed E-state index contributed by atoms with van der Waals surface area (Å²) >= 11 is 3.40. The molecule has 1 spiro atoms. The zero-order chi connectivity index (χ0) is 16.4. The van der Waals surface area contributed by atoms with Crippen LogP contribution in [0.2, 0.25) is 0 Å². The number of aliphatic carboxylic acids is 1. The van der Waals surface area contributed by atoms with E-state index in [9.17, 15) is 14.7 Å². The van der Waals surface area contributed by atoms with Crippen molar-refractivity contribution in [3.05, 3.63) is 46.5 Å². The van der Waals surface area contributed by atoms with Gasteiger partial charge in [-0.2, -0.15) is 0 Å². The Morgan fingerprint density at radius 1 is 1.43 bits per heavy atom. The number of hydrogen-bond donors (Lipinski definition) is 1. The Bertz CT molecular complexity index is 716. The predicted octanol–water partition coefficient (Wildman–Crippen LogP) is 2.38. The first-order chi connectivity index (χ1) is 10.9. The predicted molar refractivity (Wildman–Crippen MR) is 85.6 cm³/mol. The summed E-state index contributed by atoms with van der Waals surface area (Å²) in [6.07, 6.45) is 3.19. The van der Waals surface area contributed by atoms with Gasteiger partial charge in [-0.25, -0.2) is 0 Å². The minimum absolute atomic E-state index is 0.124. The molecule has 2 bridgehead atoms. The van der Waals surface area contributed by atoms with E-state index in [1.54, 1.807) is 11.0 Å². The van der Waals surface area contributed by atoms with Crippen molar-refractivity contribution in [3.63, 3.8) is 0 Å². The monoisotopic (exact) mass is 377 g/mol. The molecular weight excluding hydrogens is 362 g/mol. The quantitative estimate of drug-likeness (QED) is 0.821. The third-order valence-corrected chi connectivity index (χ3v) is 5.76. The molecule has 3 aliphatic heterocycles. The van der Waals surface area contributed by atoms with Crippen LogP contribution in [0, 0.1) is 11.8 Å². The molecule has 4 rings (SSSR count). The van der Waals surface area contributed by atoms with Gasteiger partial charge in [0, 0.05) is 4.47 Å². The molecule has 0 saturated carbocycles. The Balaban J connectivity index is 1.66. The molecule has 5 atom stereocenters. The molecule has 2 saturated heterocycles. The average molecular weight is 378 g/mol. The lowest BCUT2D eigenvalue weighted by atomic mass is 9.77. The van der Waals surface area contributed by atoms with Crippen molar-refractivity contribution in [1.29, 1.82) is 0 Å². The van der Waals surface area contributed by atoms with E-state index in [-0.39, 0.29) is 11.9 Å². The third kappa shape index (κ3) is 2.01. The van der Waals surface area contributed by atoms with Crippen molar-refractivity contribution in [3.8, 4) is 0 Å². The molecule has 23 heavy (non-hydrogen) atoms. The zero-order valence-electron chi connectivity index (χ0n) is 12.5. The lowest BCUT2D eigenvalue weighted by molar-refractivity contribution is -0.148. The van der Waals surface area contributed by atoms with Crippen LogP contribution in [0.1, 0.15) is 18.5 Å². The van der Waals surface area contributed by atoms with Gasteiger partial charge in [-0.15, -0.1) is 0 Å². The number of carbonyl (C=O) groups excluding carboxylic acids is 1. The molecule has 1 aromatic rings. The summed E-state index contributed by atoms with van der Waals surface area (Å²) in [6, 6.07) is 7.69. The molecule has 2 fully saturated rings. The van der Waals surface area contributed by atoms with Crippen molar-refractivity contribution in [2.75, 3.05) is 6.54 Å². The Labute approximate surface area is 142 Å². The molecule has 3 aliphatic rings. The van der Waals surface area contributed by atoms with Gasteiger partial charge in [-0.3, -0.25) is 9.59 Å². The molecule has 0 radical (unpaired) electrons. The number of likely N-dealkylation sites (tertiary alicyclic amines) is 1. The fourth-order valence-electron chi connectivity index (χ4n) is 4.06. The number of hydrogen-bond acceptors (Lipinski definition) is 3. The second kappa shape index (κ2) is 4.92. The maximum absolute atomic E-state index is 12.9. The lowest BCUT2D eigenvalue weighted by Gasteiger charge is -2.27. The van der Waals surface area contributed by atoms with E-state index in [0.29, 0.717) is 6.54 Å². The number of amides is 1. The van der Waals surface area contributed by atoms with E-state index in [2.05, 4.69) is 15.9 Å². The fraction of sp³-hybridized carbons (Fsp3) is 0.412. The summed E-state index contributed by atoms with van der Waals surface area (Å²) in [5.41, 5.74) is 0.248. The molecule has 0 aliphatic carbocycles. The molecule has 0 aromatic heterocycles. The van der Waals surface area contributed by atoms with Crippen LogP contribution in [0.15, 0.2) is 40.9 Å². The van der Waals surface area contributed by atoms with Gasteiger partial charge >= 0.3 is 5.97 Å². The normalized spacial score (nSPS) is 35.7. The molecule has 120 valence electrons.